The third-order valence-electron chi connectivity index (χ3n) is 5.20. The highest BCUT2D eigenvalue weighted by molar-refractivity contribution is 6.05. The van der Waals surface area contributed by atoms with Crippen LogP contribution >= 0.6 is 0 Å². The number of likely N-dealkylation sites (N-methyl/N-ethyl adjacent to an activating group) is 1. The van der Waals surface area contributed by atoms with Crippen LogP contribution in [0.2, 0.25) is 0 Å². The SMILES string of the molecule is CN1CCN(Cc2cccc3c2oc2ccccc23)C[C@@H]1CCO. The average Bonchev–Trinajstić information content (AvgIpc) is 2.98. The number of hydrogen-bond acceptors (Lipinski definition) is 4. The van der Waals surface area contributed by atoms with E-state index >= 15 is 0 Å². The molecule has 0 bridgehead atoms. The molecule has 0 aliphatic carbocycles. The summed E-state index contributed by atoms with van der Waals surface area (Å²) in [6, 6.07) is 15.1. The van der Waals surface area contributed by atoms with E-state index in [4.69, 9.17) is 4.42 Å². The Hall–Kier alpha value is -1.88. The Morgan fingerprint density at radius 1 is 1.08 bits per heavy atom. The van der Waals surface area contributed by atoms with Gasteiger partial charge in [-0.05, 0) is 19.5 Å². The van der Waals surface area contributed by atoms with Crippen molar-refractivity contribution in [1.82, 2.24) is 9.80 Å². The summed E-state index contributed by atoms with van der Waals surface area (Å²) in [6.07, 6.45) is 0.835. The lowest BCUT2D eigenvalue weighted by atomic mass is 10.1. The molecule has 1 aromatic heterocycles. The van der Waals surface area contributed by atoms with Crippen molar-refractivity contribution in [2.45, 2.75) is 19.0 Å². The Kier molecular flexibility index (Phi) is 4.27. The molecule has 126 valence electrons. The second-order valence-electron chi connectivity index (χ2n) is 6.77. The highest BCUT2D eigenvalue weighted by Crippen LogP contribution is 2.31. The van der Waals surface area contributed by atoms with E-state index in [0.29, 0.717) is 6.04 Å². The Morgan fingerprint density at radius 2 is 1.92 bits per heavy atom. The van der Waals surface area contributed by atoms with Gasteiger partial charge in [-0.1, -0.05) is 36.4 Å². The second kappa shape index (κ2) is 6.55. The van der Waals surface area contributed by atoms with Gasteiger partial charge >= 0.3 is 0 Å². The van der Waals surface area contributed by atoms with Crippen molar-refractivity contribution in [3.8, 4) is 0 Å². The molecule has 1 N–H and O–H groups in total. The van der Waals surface area contributed by atoms with Crippen LogP contribution in [-0.2, 0) is 6.54 Å². The number of piperazine rings is 1. The number of furan rings is 1. The zero-order valence-corrected chi connectivity index (χ0v) is 14.1. The molecule has 1 aliphatic rings. The number of nitrogens with zero attached hydrogens (tertiary/aromatic N) is 2. The molecule has 2 heterocycles. The first-order valence-corrected chi connectivity index (χ1v) is 8.69. The molecule has 0 unspecified atom stereocenters. The molecular weight excluding hydrogens is 300 g/mol. The molecule has 4 nitrogen and oxygen atoms in total. The highest BCUT2D eigenvalue weighted by Gasteiger charge is 2.24. The molecule has 1 saturated heterocycles. The highest BCUT2D eigenvalue weighted by atomic mass is 16.3. The molecular formula is C20H24N2O2. The van der Waals surface area contributed by atoms with Gasteiger partial charge in [0, 0.05) is 55.2 Å². The van der Waals surface area contributed by atoms with Crippen LogP contribution in [-0.4, -0.2) is 54.2 Å². The summed E-state index contributed by atoms with van der Waals surface area (Å²) < 4.78 is 6.14. The third kappa shape index (κ3) is 2.81. The van der Waals surface area contributed by atoms with E-state index in [2.05, 4.69) is 47.2 Å². The van der Waals surface area contributed by atoms with E-state index in [9.17, 15) is 5.11 Å². The maximum atomic E-state index is 9.27. The zero-order chi connectivity index (χ0) is 16.5. The number of aliphatic hydroxyl groups is 1. The van der Waals surface area contributed by atoms with Crippen molar-refractivity contribution >= 4 is 21.9 Å². The number of benzene rings is 2. The Labute approximate surface area is 142 Å². The van der Waals surface area contributed by atoms with Crippen molar-refractivity contribution in [1.29, 1.82) is 0 Å². The second-order valence-corrected chi connectivity index (χ2v) is 6.77. The monoisotopic (exact) mass is 324 g/mol. The van der Waals surface area contributed by atoms with E-state index in [-0.39, 0.29) is 6.61 Å². The maximum absolute atomic E-state index is 9.27. The fourth-order valence-electron chi connectivity index (χ4n) is 3.79. The lowest BCUT2D eigenvalue weighted by Crippen LogP contribution is -2.51. The zero-order valence-electron chi connectivity index (χ0n) is 14.1. The first-order valence-electron chi connectivity index (χ1n) is 8.69. The molecule has 0 amide bonds. The molecule has 0 radical (unpaired) electrons. The predicted octanol–water partition coefficient (Wildman–Crippen LogP) is 3.08. The van der Waals surface area contributed by atoms with Crippen molar-refractivity contribution in [2.75, 3.05) is 33.3 Å². The van der Waals surface area contributed by atoms with Crippen LogP contribution in [0.25, 0.3) is 21.9 Å². The minimum atomic E-state index is 0.252. The van der Waals surface area contributed by atoms with Gasteiger partial charge in [0.15, 0.2) is 0 Å². The quantitative estimate of drug-likeness (QED) is 0.800. The molecule has 4 rings (SSSR count). The predicted molar refractivity (Wildman–Crippen MR) is 97.1 cm³/mol. The first-order chi connectivity index (χ1) is 11.8. The summed E-state index contributed by atoms with van der Waals surface area (Å²) in [4.78, 5) is 4.83. The van der Waals surface area contributed by atoms with E-state index in [1.54, 1.807) is 0 Å². The van der Waals surface area contributed by atoms with E-state index in [1.807, 2.05) is 12.1 Å². The fourth-order valence-corrected chi connectivity index (χ4v) is 3.79. The van der Waals surface area contributed by atoms with Crippen molar-refractivity contribution < 1.29 is 9.52 Å². The topological polar surface area (TPSA) is 39.9 Å². The van der Waals surface area contributed by atoms with Crippen molar-refractivity contribution in [2.24, 2.45) is 0 Å². The van der Waals surface area contributed by atoms with E-state index in [1.165, 1.54) is 16.3 Å². The summed E-state index contributed by atoms with van der Waals surface area (Å²) in [5.74, 6) is 0. The van der Waals surface area contributed by atoms with Crippen LogP contribution in [0.15, 0.2) is 46.9 Å². The molecule has 1 aliphatic heterocycles. The number of fused-ring (bicyclic) bond motifs is 3. The Balaban J connectivity index is 1.62. The summed E-state index contributed by atoms with van der Waals surface area (Å²) in [6.45, 7) is 4.23. The summed E-state index contributed by atoms with van der Waals surface area (Å²) in [5, 5.41) is 11.7. The van der Waals surface area contributed by atoms with Gasteiger partial charge in [-0.15, -0.1) is 0 Å². The summed E-state index contributed by atoms with van der Waals surface area (Å²) in [5.41, 5.74) is 3.21. The van der Waals surface area contributed by atoms with Gasteiger partial charge in [0.2, 0.25) is 0 Å². The lowest BCUT2D eigenvalue weighted by Gasteiger charge is -2.39. The largest absolute Gasteiger partial charge is 0.456 e. The molecule has 3 aromatic rings. The fraction of sp³-hybridized carbons (Fsp3) is 0.400. The van der Waals surface area contributed by atoms with Crippen molar-refractivity contribution in [3.63, 3.8) is 0 Å². The molecule has 0 saturated carbocycles. The molecule has 1 fully saturated rings. The number of rotatable bonds is 4. The molecule has 1 atom stereocenters. The standard InChI is InChI=1S/C20H24N2O2/c1-21-10-11-22(14-16(21)9-12-23)13-15-5-4-7-18-17-6-2-3-8-19(17)24-20(15)18/h2-8,16,23H,9-14H2,1H3/t16-/m0/s1. The van der Waals surface area contributed by atoms with Crippen LogP contribution in [0, 0.1) is 0 Å². The molecule has 4 heteroatoms. The summed E-state index contributed by atoms with van der Waals surface area (Å²) >= 11 is 0. The van der Waals surface area contributed by atoms with Gasteiger partial charge in [-0.3, -0.25) is 4.90 Å². The van der Waals surface area contributed by atoms with Crippen molar-refractivity contribution in [3.05, 3.63) is 48.0 Å². The van der Waals surface area contributed by atoms with Crippen LogP contribution in [0.3, 0.4) is 0 Å². The van der Waals surface area contributed by atoms with Crippen LogP contribution in [0.5, 0.6) is 0 Å². The Morgan fingerprint density at radius 3 is 2.79 bits per heavy atom. The number of hydrogen-bond donors (Lipinski definition) is 1. The molecule has 24 heavy (non-hydrogen) atoms. The van der Waals surface area contributed by atoms with Gasteiger partial charge < -0.3 is 14.4 Å². The number of aliphatic hydroxyl groups excluding tert-OH is 1. The lowest BCUT2D eigenvalue weighted by molar-refractivity contribution is 0.0744. The summed E-state index contributed by atoms with van der Waals surface area (Å²) in [7, 11) is 2.15. The van der Waals surface area contributed by atoms with Gasteiger partial charge in [-0.2, -0.15) is 0 Å². The minimum absolute atomic E-state index is 0.252. The smallest absolute Gasteiger partial charge is 0.139 e. The maximum Gasteiger partial charge on any atom is 0.139 e. The van der Waals surface area contributed by atoms with Gasteiger partial charge in [0.05, 0.1) is 0 Å². The van der Waals surface area contributed by atoms with Gasteiger partial charge in [0.1, 0.15) is 11.2 Å². The van der Waals surface area contributed by atoms with Crippen LogP contribution in [0.4, 0.5) is 0 Å². The van der Waals surface area contributed by atoms with Crippen LogP contribution < -0.4 is 0 Å². The molecule has 0 spiro atoms. The average molecular weight is 324 g/mol. The normalized spacial score (nSPS) is 20.2. The van der Waals surface area contributed by atoms with Gasteiger partial charge in [-0.25, -0.2) is 0 Å². The minimum Gasteiger partial charge on any atom is -0.456 e. The molecule has 2 aromatic carbocycles. The van der Waals surface area contributed by atoms with E-state index < -0.39 is 0 Å². The number of para-hydroxylation sites is 2. The third-order valence-corrected chi connectivity index (χ3v) is 5.20. The van der Waals surface area contributed by atoms with Gasteiger partial charge in [0.25, 0.3) is 0 Å². The van der Waals surface area contributed by atoms with E-state index in [0.717, 1.165) is 43.8 Å². The first kappa shape index (κ1) is 15.6. The van der Waals surface area contributed by atoms with Crippen LogP contribution in [0.1, 0.15) is 12.0 Å². The Bertz CT molecular complexity index is 842.